The van der Waals surface area contributed by atoms with Crippen LogP contribution in [0.2, 0.25) is 0 Å². The zero-order valence-corrected chi connectivity index (χ0v) is 33.4. The Morgan fingerprint density at radius 2 is 0.968 bits per heavy atom. The van der Waals surface area contributed by atoms with Gasteiger partial charge in [-0.2, -0.15) is 0 Å². The fourth-order valence-electron chi connectivity index (χ4n) is 6.86. The van der Waals surface area contributed by atoms with E-state index < -0.39 is 187 Å². The number of aliphatic hydroxyl groups excluding tert-OH is 13. The van der Waals surface area contributed by atoms with Crippen molar-refractivity contribution in [3.8, 4) is 0 Å². The third-order valence-electron chi connectivity index (χ3n) is 10.4. The van der Waals surface area contributed by atoms with Gasteiger partial charge in [0.1, 0.15) is 91.6 Å². The first-order valence-corrected chi connectivity index (χ1v) is 19.7. The third-order valence-corrected chi connectivity index (χ3v) is 10.4. The number of hydrogen-bond acceptors (Lipinski definition) is 25. The predicted molar refractivity (Wildman–Crippen MR) is 195 cm³/mol. The fraction of sp³-hybridized carbons (Fsp3) is 0.912. The maximum absolute atomic E-state index is 12.8. The van der Waals surface area contributed by atoms with Crippen LogP contribution in [-0.4, -0.2) is 278 Å². The van der Waals surface area contributed by atoms with Crippen molar-refractivity contribution >= 4 is 17.7 Å². The van der Waals surface area contributed by atoms with Crippen molar-refractivity contribution < 1.29 is 119 Å². The van der Waals surface area contributed by atoms with E-state index in [0.29, 0.717) is 0 Å². The molecule has 0 aromatic rings. The summed E-state index contributed by atoms with van der Waals surface area (Å²) in [4.78, 5) is 38.2. The van der Waals surface area contributed by atoms with Crippen molar-refractivity contribution in [3.63, 3.8) is 0 Å². The highest BCUT2D eigenvalue weighted by molar-refractivity contribution is 5.83. The van der Waals surface area contributed by atoms with E-state index >= 15 is 0 Å². The largest absolute Gasteiger partial charge is 0.394 e. The molecule has 4 heterocycles. The summed E-state index contributed by atoms with van der Waals surface area (Å²) in [5, 5.41) is 138. The molecule has 0 bridgehead atoms. The van der Waals surface area contributed by atoms with Gasteiger partial charge in [-0.1, -0.05) is 0 Å². The van der Waals surface area contributed by atoms with E-state index in [1.165, 1.54) is 6.92 Å². The van der Waals surface area contributed by atoms with Crippen LogP contribution in [0.25, 0.3) is 0 Å². The van der Waals surface area contributed by atoms with Crippen LogP contribution < -0.4 is 16.4 Å². The third kappa shape index (κ3) is 13.5. The van der Waals surface area contributed by atoms with Gasteiger partial charge < -0.3 is 121 Å². The summed E-state index contributed by atoms with van der Waals surface area (Å²) in [6, 6.07) is 0. The lowest BCUT2D eigenvalue weighted by Crippen LogP contribution is -2.65. The predicted octanol–water partition coefficient (Wildman–Crippen LogP) is -11.7. The number of hydrogen-bond donors (Lipinski definition) is 16. The SMILES string of the molecule is C[C@@H]1O[C@@H](OCCNC(=O)CN(CC(N)=O)CC(=O)NCCO[C@@H]2O[C@H](CO[C@H]3O[C@H](CO)[C@@H](O)[C@H](O)[C@@H]3O)[C@@H](O)[C@H](O[C@H]3O[C@H](CO)[C@@H](O)[C@H](O)[C@@H]3O)[C@@H]2O)[C@@H](O)[C@H](O)[C@@H]1O. The summed E-state index contributed by atoms with van der Waals surface area (Å²) in [7, 11) is 0. The lowest BCUT2D eigenvalue weighted by Gasteiger charge is -2.46. The van der Waals surface area contributed by atoms with Crippen molar-refractivity contribution in [2.75, 3.05) is 65.8 Å². The molecular formula is C34H60N4O24. The molecule has 360 valence electrons. The first kappa shape index (κ1) is 52.2. The minimum absolute atomic E-state index is 0.117. The Balaban J connectivity index is 1.31. The highest BCUT2D eigenvalue weighted by Crippen LogP contribution is 2.31. The number of nitrogens with zero attached hydrogens (tertiary/aromatic N) is 1. The molecule has 0 unspecified atom stereocenters. The molecule has 0 aromatic carbocycles. The maximum atomic E-state index is 12.8. The number of amides is 3. The van der Waals surface area contributed by atoms with Crippen LogP contribution in [0.15, 0.2) is 0 Å². The van der Waals surface area contributed by atoms with Gasteiger partial charge in [0.15, 0.2) is 25.2 Å². The normalized spacial score (nSPS) is 41.5. The number of nitrogens with one attached hydrogen (secondary N) is 2. The maximum Gasteiger partial charge on any atom is 0.234 e. The number of primary amides is 1. The number of nitrogens with two attached hydrogens (primary N) is 1. The van der Waals surface area contributed by atoms with Gasteiger partial charge in [0.05, 0.1) is 58.8 Å². The highest BCUT2D eigenvalue weighted by Gasteiger charge is 2.52. The molecule has 28 nitrogen and oxygen atoms in total. The molecule has 28 heteroatoms. The van der Waals surface area contributed by atoms with E-state index in [0.717, 1.165) is 4.90 Å². The van der Waals surface area contributed by atoms with E-state index in [2.05, 4.69) is 10.6 Å². The van der Waals surface area contributed by atoms with E-state index in [9.17, 15) is 80.8 Å². The molecule has 4 aliphatic heterocycles. The minimum atomic E-state index is -1.96. The Morgan fingerprint density at radius 1 is 0.532 bits per heavy atom. The zero-order chi connectivity index (χ0) is 46.0. The molecule has 17 N–H and O–H groups in total. The molecule has 0 aliphatic carbocycles. The Labute approximate surface area is 353 Å². The van der Waals surface area contributed by atoms with Crippen LogP contribution in [0, 0.1) is 0 Å². The second-order valence-corrected chi connectivity index (χ2v) is 15.1. The fourth-order valence-corrected chi connectivity index (χ4v) is 6.86. The number of rotatable bonds is 21. The zero-order valence-electron chi connectivity index (χ0n) is 33.4. The summed E-state index contributed by atoms with van der Waals surface area (Å²) in [5.41, 5.74) is 5.29. The molecular weight excluding hydrogens is 848 g/mol. The molecule has 20 atom stereocenters. The first-order valence-electron chi connectivity index (χ1n) is 19.7. The van der Waals surface area contributed by atoms with Gasteiger partial charge in [0.25, 0.3) is 0 Å². The van der Waals surface area contributed by atoms with Crippen LogP contribution in [0.3, 0.4) is 0 Å². The standard InChI is InChI=1S/C34H60N4O24/c1-12-19(44)23(48)26(51)31(58-12)55-4-2-36-17(42)7-38(6-16(35)41)8-18(43)37-3-5-56-33-29(54)30(62-34-28(53)25(50)21(46)14(10-40)60-34)22(47)15(61-33)11-57-32-27(52)24(49)20(45)13(9-39)59-32/h12-15,19-34,39-40,44-54H,2-11H2,1H3,(H2,35,41)(H,36,42)(H,37,43)/t12-,13+,14+,15+,19+,20+,21+,22+,23+,24-,25-,26-,27-,28-,29-,30-,31+,32-,33+,34+/m0/s1. The highest BCUT2D eigenvalue weighted by atomic mass is 16.8. The average Bonchev–Trinajstić information content (AvgIpc) is 3.23. The van der Waals surface area contributed by atoms with Crippen molar-refractivity contribution in [2.24, 2.45) is 5.73 Å². The Bertz CT molecular complexity index is 1410. The van der Waals surface area contributed by atoms with Gasteiger partial charge in [-0.15, -0.1) is 0 Å². The molecule has 4 rings (SSSR count). The van der Waals surface area contributed by atoms with Crippen LogP contribution in [0.4, 0.5) is 0 Å². The van der Waals surface area contributed by atoms with Crippen molar-refractivity contribution in [3.05, 3.63) is 0 Å². The molecule has 0 spiro atoms. The summed E-state index contributed by atoms with van der Waals surface area (Å²) < 4.78 is 43.8. The van der Waals surface area contributed by atoms with E-state index in [-0.39, 0.29) is 19.7 Å². The molecule has 0 aromatic heterocycles. The van der Waals surface area contributed by atoms with Gasteiger partial charge in [0.2, 0.25) is 17.7 Å². The van der Waals surface area contributed by atoms with E-state index in [1.54, 1.807) is 0 Å². The summed E-state index contributed by atoms with van der Waals surface area (Å²) in [6.07, 6.45) is -32.7. The van der Waals surface area contributed by atoms with Gasteiger partial charge >= 0.3 is 0 Å². The quantitative estimate of drug-likeness (QED) is 0.0476. The van der Waals surface area contributed by atoms with Crippen LogP contribution >= 0.6 is 0 Å². The number of ether oxygens (including phenoxy) is 8. The van der Waals surface area contributed by atoms with Gasteiger partial charge in [-0.3, -0.25) is 19.3 Å². The van der Waals surface area contributed by atoms with Crippen LogP contribution in [-0.2, 0) is 52.3 Å². The molecule has 0 radical (unpaired) electrons. The second kappa shape index (κ2) is 24.2. The lowest BCUT2D eigenvalue weighted by atomic mass is 9.96. The second-order valence-electron chi connectivity index (χ2n) is 15.1. The first-order chi connectivity index (χ1) is 29.3. The molecule has 4 fully saturated rings. The Hall–Kier alpha value is -2.47. The molecule has 62 heavy (non-hydrogen) atoms. The van der Waals surface area contributed by atoms with Crippen molar-refractivity contribution in [1.29, 1.82) is 0 Å². The topological polar surface area (TPSA) is 441 Å². The average molecular weight is 909 g/mol. The number of carbonyl (C=O) groups excluding carboxylic acids is 3. The Kier molecular flexibility index (Phi) is 20.3. The smallest absolute Gasteiger partial charge is 0.234 e. The molecule has 4 aliphatic rings. The lowest BCUT2D eigenvalue weighted by molar-refractivity contribution is -0.366. The van der Waals surface area contributed by atoms with Crippen LogP contribution in [0.1, 0.15) is 6.92 Å². The van der Waals surface area contributed by atoms with Gasteiger partial charge in [-0.05, 0) is 6.92 Å². The van der Waals surface area contributed by atoms with Gasteiger partial charge in [-0.25, -0.2) is 0 Å². The molecule has 3 amide bonds. The Morgan fingerprint density at radius 3 is 1.47 bits per heavy atom. The van der Waals surface area contributed by atoms with Gasteiger partial charge in [0, 0.05) is 13.1 Å². The molecule has 0 saturated carbocycles. The molecule has 4 saturated heterocycles. The minimum Gasteiger partial charge on any atom is -0.394 e. The summed E-state index contributed by atoms with van der Waals surface area (Å²) >= 11 is 0. The van der Waals surface area contributed by atoms with Crippen LogP contribution in [0.5, 0.6) is 0 Å². The monoisotopic (exact) mass is 908 g/mol. The summed E-state index contributed by atoms with van der Waals surface area (Å²) in [5.74, 6) is -2.25. The van der Waals surface area contributed by atoms with Crippen molar-refractivity contribution in [2.45, 2.75) is 130 Å². The number of aliphatic hydroxyl groups is 13. The van der Waals surface area contributed by atoms with E-state index in [4.69, 9.17) is 43.6 Å². The van der Waals surface area contributed by atoms with Crippen molar-refractivity contribution in [1.82, 2.24) is 15.5 Å². The number of carbonyl (C=O) groups is 3. The summed E-state index contributed by atoms with van der Waals surface area (Å²) in [6.45, 7) is -3.37. The van der Waals surface area contributed by atoms with E-state index in [1.807, 2.05) is 0 Å².